The number of nitrogens with one attached hydrogen (secondary N) is 1. The van der Waals surface area contributed by atoms with Crippen LogP contribution in [0.15, 0.2) is 11.0 Å². The lowest BCUT2D eigenvalue weighted by Gasteiger charge is -2.36. The smallest absolute Gasteiger partial charge is 0.295 e. The monoisotopic (exact) mass is 525 g/mol. The van der Waals surface area contributed by atoms with Gasteiger partial charge in [0.1, 0.15) is 6.73 Å². The van der Waals surface area contributed by atoms with Crippen LogP contribution in [0, 0.1) is 0 Å². The first kappa shape index (κ1) is 32.1. The molecule has 1 heterocycles. The Hall–Kier alpha value is -0.966. The summed E-state index contributed by atoms with van der Waals surface area (Å²) in [5, 5.41) is 3.52. The van der Waals surface area contributed by atoms with E-state index in [1.807, 2.05) is 6.20 Å². The molecule has 0 unspecified atom stereocenters. The predicted molar refractivity (Wildman–Crippen MR) is 156 cm³/mol. The number of aryl methyl sites for hydroxylation is 1. The van der Waals surface area contributed by atoms with Crippen LogP contribution in [0.3, 0.4) is 0 Å². The number of hydrogen-bond donors (Lipinski definition) is 1. The van der Waals surface area contributed by atoms with Gasteiger partial charge < -0.3 is 14.5 Å². The van der Waals surface area contributed by atoms with E-state index in [4.69, 9.17) is 14.1 Å². The molecule has 1 N–H and O–H groups in total. The molecule has 0 fully saturated rings. The van der Waals surface area contributed by atoms with Gasteiger partial charge in [-0.05, 0) is 43.4 Å². The van der Waals surface area contributed by atoms with Crippen molar-refractivity contribution in [2.75, 3.05) is 25.1 Å². The number of nitrogens with zero attached hydrogens (tertiary/aromatic N) is 2. The van der Waals surface area contributed by atoms with Gasteiger partial charge in [0.05, 0.1) is 5.69 Å². The molecule has 8 heteroatoms. The number of aromatic nitrogens is 2. The van der Waals surface area contributed by atoms with Gasteiger partial charge in [-0.3, -0.25) is 9.36 Å². The summed E-state index contributed by atoms with van der Waals surface area (Å²) < 4.78 is 13.9. The van der Waals surface area contributed by atoms with E-state index in [0.29, 0.717) is 12.4 Å². The summed E-state index contributed by atoms with van der Waals surface area (Å²) in [7, 11) is -2.91. The van der Waals surface area contributed by atoms with E-state index in [1.54, 1.807) is 4.57 Å². The Kier molecular flexibility index (Phi) is 14.0. The Labute approximate surface area is 217 Å². The molecule has 0 spiro atoms. The van der Waals surface area contributed by atoms with Crippen molar-refractivity contribution in [2.45, 2.75) is 130 Å². The molecule has 6 nitrogen and oxygen atoms in total. The molecule has 0 radical (unpaired) electrons. The average molecular weight is 526 g/mol. The number of unbranched alkanes of at least 4 members (excludes halogenated alkanes) is 5. The van der Waals surface area contributed by atoms with Crippen molar-refractivity contribution in [3.05, 3.63) is 22.2 Å². The zero-order valence-electron chi connectivity index (χ0n) is 24.4. The molecule has 0 aliphatic rings. The lowest BCUT2D eigenvalue weighted by Crippen LogP contribution is -2.41. The van der Waals surface area contributed by atoms with Crippen molar-refractivity contribution < 1.29 is 9.16 Å². The van der Waals surface area contributed by atoms with Crippen molar-refractivity contribution in [1.82, 2.24) is 9.55 Å². The summed E-state index contributed by atoms with van der Waals surface area (Å²) >= 11 is 0. The third-order valence-electron chi connectivity index (χ3n) is 6.92. The van der Waals surface area contributed by atoms with Gasteiger partial charge >= 0.3 is 0 Å². The number of rotatable bonds is 18. The average Bonchev–Trinajstić information content (AvgIpc) is 2.74. The van der Waals surface area contributed by atoms with E-state index in [-0.39, 0.29) is 17.3 Å². The topological polar surface area (TPSA) is 65.4 Å². The number of hydrogen-bond acceptors (Lipinski definition) is 5. The fourth-order valence-electron chi connectivity index (χ4n) is 3.38. The van der Waals surface area contributed by atoms with Crippen LogP contribution in [-0.2, 0) is 22.3 Å². The molecule has 1 rings (SSSR count). The Morgan fingerprint density at radius 1 is 0.971 bits per heavy atom. The van der Waals surface area contributed by atoms with Crippen LogP contribution in [0.2, 0.25) is 43.8 Å². The maximum Gasteiger partial charge on any atom is 0.295 e. The number of anilines is 1. The first-order valence-electron chi connectivity index (χ1n) is 13.8. The van der Waals surface area contributed by atoms with Gasteiger partial charge in [0, 0.05) is 34.0 Å². The molecule has 0 aromatic carbocycles. The Morgan fingerprint density at radius 2 is 1.63 bits per heavy atom. The second kappa shape index (κ2) is 15.3. The van der Waals surface area contributed by atoms with E-state index in [9.17, 15) is 4.79 Å². The third kappa shape index (κ3) is 13.2. The zero-order chi connectivity index (χ0) is 26.5. The molecule has 0 amide bonds. The summed E-state index contributed by atoms with van der Waals surface area (Å²) in [6.07, 6.45) is 10.9. The third-order valence-corrected chi connectivity index (χ3v) is 13.2. The summed E-state index contributed by atoms with van der Waals surface area (Å²) in [6, 6.07) is 1.09. The fraction of sp³-hybridized carbons (Fsp3) is 0.852. The lowest BCUT2D eigenvalue weighted by atomic mass is 10.1. The van der Waals surface area contributed by atoms with Crippen molar-refractivity contribution in [2.24, 2.45) is 0 Å². The van der Waals surface area contributed by atoms with Gasteiger partial charge in [0.25, 0.3) is 5.56 Å². The van der Waals surface area contributed by atoms with Crippen molar-refractivity contribution in [3.8, 4) is 0 Å². The van der Waals surface area contributed by atoms with Crippen LogP contribution in [0.1, 0.15) is 78.3 Å². The minimum atomic E-state index is -1.75. The largest absolute Gasteiger partial charge is 0.417 e. The van der Waals surface area contributed by atoms with E-state index < -0.39 is 16.4 Å². The summed E-state index contributed by atoms with van der Waals surface area (Å²) in [5.74, 6) is 0.454. The fourth-order valence-corrected chi connectivity index (χ4v) is 5.22. The van der Waals surface area contributed by atoms with Crippen LogP contribution in [0.5, 0.6) is 0 Å². The van der Waals surface area contributed by atoms with Crippen LogP contribution in [-0.4, -0.2) is 45.7 Å². The Balaban J connectivity index is 2.77. The zero-order valence-corrected chi connectivity index (χ0v) is 26.4. The molecule has 204 valence electrons. The minimum Gasteiger partial charge on any atom is -0.417 e. The summed E-state index contributed by atoms with van der Waals surface area (Å²) in [5.41, 5.74) is 0.827. The van der Waals surface area contributed by atoms with Crippen LogP contribution < -0.4 is 10.9 Å². The SMILES string of the molecule is CCCCCCCCNc1nc(CCCO[Si](C)(C)C(C)(C)C)cn(COCC[Si](C)(C)C)c1=O. The van der Waals surface area contributed by atoms with Gasteiger partial charge in [-0.1, -0.05) is 79.4 Å². The van der Waals surface area contributed by atoms with Crippen LogP contribution in [0.25, 0.3) is 0 Å². The standard InChI is InChI=1S/C27H55N3O3Si2/c1-10-11-12-13-14-15-18-28-25-26(31)30(23-32-20-21-34(5,6)7)22-24(29-25)17-16-19-33-35(8,9)27(2,3)4/h22H,10-21,23H2,1-9H3,(H,28,29). The quantitative estimate of drug-likeness (QED) is 0.161. The van der Waals surface area contributed by atoms with Crippen molar-refractivity contribution in [1.29, 1.82) is 0 Å². The molecular formula is C27H55N3O3Si2. The van der Waals surface area contributed by atoms with E-state index in [2.05, 4.69) is 65.7 Å². The predicted octanol–water partition coefficient (Wildman–Crippen LogP) is 7.28. The van der Waals surface area contributed by atoms with Gasteiger partial charge in [-0.15, -0.1) is 0 Å². The summed E-state index contributed by atoms with van der Waals surface area (Å²) in [4.78, 5) is 17.7. The molecule has 0 atom stereocenters. The highest BCUT2D eigenvalue weighted by atomic mass is 28.4. The molecule has 0 aliphatic heterocycles. The first-order valence-corrected chi connectivity index (χ1v) is 20.4. The first-order chi connectivity index (χ1) is 16.3. The maximum absolute atomic E-state index is 13.0. The van der Waals surface area contributed by atoms with Crippen molar-refractivity contribution >= 4 is 22.2 Å². The van der Waals surface area contributed by atoms with E-state index in [1.165, 1.54) is 32.1 Å². The molecule has 0 saturated heterocycles. The molecule has 0 saturated carbocycles. The van der Waals surface area contributed by atoms with Gasteiger partial charge in [-0.2, -0.15) is 0 Å². The molecule has 1 aromatic heterocycles. The number of ether oxygens (including phenoxy) is 1. The van der Waals surface area contributed by atoms with Gasteiger partial charge in [0.2, 0.25) is 0 Å². The van der Waals surface area contributed by atoms with E-state index in [0.717, 1.165) is 44.2 Å². The molecule has 0 bridgehead atoms. The highest BCUT2D eigenvalue weighted by Crippen LogP contribution is 2.36. The molecule has 0 aliphatic carbocycles. The second-order valence-corrected chi connectivity index (χ2v) is 23.0. The highest BCUT2D eigenvalue weighted by Gasteiger charge is 2.36. The molecule has 1 aromatic rings. The molecular weight excluding hydrogens is 470 g/mol. The van der Waals surface area contributed by atoms with Crippen molar-refractivity contribution in [3.63, 3.8) is 0 Å². The van der Waals surface area contributed by atoms with Crippen LogP contribution >= 0.6 is 0 Å². The highest BCUT2D eigenvalue weighted by molar-refractivity contribution is 6.76. The van der Waals surface area contributed by atoms with Gasteiger partial charge in [0.15, 0.2) is 14.1 Å². The normalized spacial score (nSPS) is 12.8. The summed E-state index contributed by atoms with van der Waals surface area (Å²) in [6.45, 7) is 23.1. The second-order valence-electron chi connectivity index (χ2n) is 12.6. The van der Waals surface area contributed by atoms with Crippen LogP contribution in [0.4, 0.5) is 5.82 Å². The molecule has 35 heavy (non-hydrogen) atoms. The Bertz CT molecular complexity index is 783. The van der Waals surface area contributed by atoms with E-state index >= 15 is 0 Å². The maximum atomic E-state index is 13.0. The lowest BCUT2D eigenvalue weighted by molar-refractivity contribution is 0.0845. The Morgan fingerprint density at radius 3 is 2.26 bits per heavy atom. The van der Waals surface area contributed by atoms with Gasteiger partial charge in [-0.25, -0.2) is 4.98 Å². The minimum absolute atomic E-state index is 0.0924.